The van der Waals surface area contributed by atoms with Crippen molar-refractivity contribution in [1.82, 2.24) is 5.32 Å². The molecular weight excluding hydrogens is 259 g/mol. The molecule has 0 bridgehead atoms. The first-order valence-electron chi connectivity index (χ1n) is 6.96. The summed E-state index contributed by atoms with van der Waals surface area (Å²) in [6.45, 7) is 4.11. The first-order valence-corrected chi connectivity index (χ1v) is 6.96. The first-order chi connectivity index (χ1) is 8.94. The molecule has 1 N–H and O–H groups in total. The van der Waals surface area contributed by atoms with Gasteiger partial charge in [0.05, 0.1) is 18.6 Å². The Morgan fingerprint density at radius 3 is 2.74 bits per heavy atom. The highest BCUT2D eigenvalue weighted by atomic mass is 19.4. The van der Waals surface area contributed by atoms with Crippen LogP contribution in [0.15, 0.2) is 0 Å². The predicted molar refractivity (Wildman–Crippen MR) is 65.0 cm³/mol. The average molecular weight is 281 g/mol. The van der Waals surface area contributed by atoms with Crippen molar-refractivity contribution >= 4 is 0 Å². The van der Waals surface area contributed by atoms with E-state index in [0.717, 1.165) is 6.42 Å². The van der Waals surface area contributed by atoms with Gasteiger partial charge in [-0.2, -0.15) is 13.2 Å². The molecular formula is C13H22F3NO2. The fourth-order valence-corrected chi connectivity index (χ4v) is 3.19. The summed E-state index contributed by atoms with van der Waals surface area (Å²) < 4.78 is 49.1. The Kier molecular flexibility index (Phi) is 4.74. The molecule has 2 rings (SSSR count). The minimum Gasteiger partial charge on any atom is -0.378 e. The predicted octanol–water partition coefficient (Wildman–Crippen LogP) is 2.50. The van der Waals surface area contributed by atoms with Gasteiger partial charge < -0.3 is 14.8 Å². The fourth-order valence-electron chi connectivity index (χ4n) is 3.19. The summed E-state index contributed by atoms with van der Waals surface area (Å²) >= 11 is 0. The number of hydrogen-bond acceptors (Lipinski definition) is 3. The number of rotatable bonds is 4. The van der Waals surface area contributed by atoms with Crippen molar-refractivity contribution in [2.45, 2.75) is 50.4 Å². The first kappa shape index (κ1) is 15.1. The Balaban J connectivity index is 1.99. The Morgan fingerprint density at radius 1 is 1.37 bits per heavy atom. The van der Waals surface area contributed by atoms with Crippen molar-refractivity contribution in [3.05, 3.63) is 0 Å². The number of alkyl halides is 3. The van der Waals surface area contributed by atoms with Gasteiger partial charge in [0.1, 0.15) is 0 Å². The minimum atomic E-state index is -4.12. The lowest BCUT2D eigenvalue weighted by atomic mass is 9.80. The highest BCUT2D eigenvalue weighted by Gasteiger charge is 2.44. The van der Waals surface area contributed by atoms with Gasteiger partial charge >= 0.3 is 6.18 Å². The molecule has 3 nitrogen and oxygen atoms in total. The lowest BCUT2D eigenvalue weighted by Gasteiger charge is -2.40. The third kappa shape index (κ3) is 4.07. The molecule has 6 heteroatoms. The van der Waals surface area contributed by atoms with Crippen molar-refractivity contribution in [3.8, 4) is 0 Å². The monoisotopic (exact) mass is 281 g/mol. The highest BCUT2D eigenvalue weighted by molar-refractivity contribution is 4.94. The summed E-state index contributed by atoms with van der Waals surface area (Å²) in [7, 11) is 0. The molecule has 0 radical (unpaired) electrons. The average Bonchev–Trinajstić information content (AvgIpc) is 2.75. The van der Waals surface area contributed by atoms with E-state index in [1.807, 2.05) is 6.92 Å². The van der Waals surface area contributed by atoms with Crippen molar-refractivity contribution < 1.29 is 22.6 Å². The van der Waals surface area contributed by atoms with Gasteiger partial charge in [-0.15, -0.1) is 0 Å². The highest BCUT2D eigenvalue weighted by Crippen LogP contribution is 2.39. The van der Waals surface area contributed by atoms with Gasteiger partial charge in [0.25, 0.3) is 0 Å². The molecule has 0 aliphatic carbocycles. The van der Waals surface area contributed by atoms with E-state index >= 15 is 0 Å². The van der Waals surface area contributed by atoms with Gasteiger partial charge in [-0.05, 0) is 25.3 Å². The van der Waals surface area contributed by atoms with Gasteiger partial charge in [0.2, 0.25) is 0 Å². The van der Waals surface area contributed by atoms with Crippen LogP contribution >= 0.6 is 0 Å². The van der Waals surface area contributed by atoms with Crippen LogP contribution in [0, 0.1) is 5.92 Å². The molecule has 3 atom stereocenters. The Labute approximate surface area is 111 Å². The van der Waals surface area contributed by atoms with Crippen molar-refractivity contribution in [1.29, 1.82) is 0 Å². The number of ether oxygens (including phenoxy) is 2. The van der Waals surface area contributed by atoms with Crippen LogP contribution < -0.4 is 5.32 Å². The topological polar surface area (TPSA) is 30.5 Å². The molecule has 3 unspecified atom stereocenters. The lowest BCUT2D eigenvalue weighted by molar-refractivity contribution is -0.152. The molecule has 2 saturated heterocycles. The molecule has 19 heavy (non-hydrogen) atoms. The molecule has 0 aromatic carbocycles. The molecule has 0 aromatic heterocycles. The Morgan fingerprint density at radius 2 is 2.16 bits per heavy atom. The maximum Gasteiger partial charge on any atom is 0.390 e. The summed E-state index contributed by atoms with van der Waals surface area (Å²) in [5.74, 6) is 0.0111. The summed E-state index contributed by atoms with van der Waals surface area (Å²) in [5, 5.41) is 3.00. The van der Waals surface area contributed by atoms with E-state index in [0.29, 0.717) is 39.2 Å². The number of halogens is 3. The summed E-state index contributed by atoms with van der Waals surface area (Å²) in [5.41, 5.74) is -0.331. The molecule has 1 spiro atoms. The van der Waals surface area contributed by atoms with Crippen LogP contribution in [-0.4, -0.2) is 44.2 Å². The minimum absolute atomic E-state index is 0.0111. The number of hydrogen-bond donors (Lipinski definition) is 1. The summed E-state index contributed by atoms with van der Waals surface area (Å²) in [6.07, 6.45) is -2.72. The lowest BCUT2D eigenvalue weighted by Crippen LogP contribution is -2.48. The molecule has 2 fully saturated rings. The Hall–Kier alpha value is -0.330. The van der Waals surface area contributed by atoms with Gasteiger partial charge in [-0.25, -0.2) is 0 Å². The normalized spacial score (nSPS) is 33.8. The molecule has 2 heterocycles. The summed E-state index contributed by atoms with van der Waals surface area (Å²) in [4.78, 5) is 0. The van der Waals surface area contributed by atoms with E-state index in [1.165, 1.54) is 0 Å². The fraction of sp³-hybridized carbons (Fsp3) is 1.00. The van der Waals surface area contributed by atoms with E-state index in [4.69, 9.17) is 9.47 Å². The second kappa shape index (κ2) is 5.97. The number of nitrogens with one attached hydrogen (secondary N) is 1. The maximum absolute atomic E-state index is 12.7. The van der Waals surface area contributed by atoms with Crippen LogP contribution in [0.5, 0.6) is 0 Å². The van der Waals surface area contributed by atoms with Gasteiger partial charge in [0, 0.05) is 25.7 Å². The zero-order chi connectivity index (χ0) is 13.9. The van der Waals surface area contributed by atoms with E-state index < -0.39 is 18.6 Å². The quantitative estimate of drug-likeness (QED) is 0.859. The second-order valence-electron chi connectivity index (χ2n) is 5.57. The summed E-state index contributed by atoms with van der Waals surface area (Å²) in [6, 6.07) is -0.508. The molecule has 2 aliphatic heterocycles. The van der Waals surface area contributed by atoms with Crippen LogP contribution in [0.3, 0.4) is 0 Å². The zero-order valence-corrected chi connectivity index (χ0v) is 11.3. The van der Waals surface area contributed by atoms with Gasteiger partial charge in [-0.1, -0.05) is 6.92 Å². The standard InChI is InChI=1S/C13H22F3NO2/c1-2-17-11(8-13(14,15)16)10-3-5-19-12(7-10)4-6-18-9-12/h10-11,17H,2-9H2,1H3. The van der Waals surface area contributed by atoms with Gasteiger partial charge in [-0.3, -0.25) is 0 Å². The van der Waals surface area contributed by atoms with Crippen LogP contribution in [0.1, 0.15) is 32.6 Å². The molecule has 2 aliphatic rings. The van der Waals surface area contributed by atoms with E-state index in [-0.39, 0.29) is 11.5 Å². The third-order valence-corrected chi connectivity index (χ3v) is 4.08. The smallest absolute Gasteiger partial charge is 0.378 e. The van der Waals surface area contributed by atoms with E-state index in [1.54, 1.807) is 0 Å². The van der Waals surface area contributed by atoms with E-state index in [9.17, 15) is 13.2 Å². The van der Waals surface area contributed by atoms with E-state index in [2.05, 4.69) is 5.32 Å². The SMILES string of the molecule is CCNC(CC(F)(F)F)C1CCOC2(CCOC2)C1. The maximum atomic E-state index is 12.7. The van der Waals surface area contributed by atoms with Crippen LogP contribution in [0.25, 0.3) is 0 Å². The molecule has 112 valence electrons. The second-order valence-corrected chi connectivity index (χ2v) is 5.57. The Bertz CT molecular complexity index is 290. The van der Waals surface area contributed by atoms with Crippen molar-refractivity contribution in [2.24, 2.45) is 5.92 Å². The van der Waals surface area contributed by atoms with Crippen LogP contribution in [-0.2, 0) is 9.47 Å². The largest absolute Gasteiger partial charge is 0.390 e. The van der Waals surface area contributed by atoms with Gasteiger partial charge in [0.15, 0.2) is 0 Å². The van der Waals surface area contributed by atoms with Crippen molar-refractivity contribution in [3.63, 3.8) is 0 Å². The molecule has 0 aromatic rings. The van der Waals surface area contributed by atoms with Crippen molar-refractivity contribution in [2.75, 3.05) is 26.4 Å². The van der Waals surface area contributed by atoms with Crippen LogP contribution in [0.4, 0.5) is 13.2 Å². The molecule has 0 saturated carbocycles. The van der Waals surface area contributed by atoms with Crippen LogP contribution in [0.2, 0.25) is 0 Å². The zero-order valence-electron chi connectivity index (χ0n) is 11.3. The third-order valence-electron chi connectivity index (χ3n) is 4.08. The molecule has 0 amide bonds.